The third-order valence-corrected chi connectivity index (χ3v) is 2.04. The number of nitrogens with zero attached hydrogens (tertiary/aromatic N) is 3. The number of anilines is 1. The highest BCUT2D eigenvalue weighted by Gasteiger charge is 2.18. The van der Waals surface area contributed by atoms with Gasteiger partial charge in [0.05, 0.1) is 11.8 Å². The normalized spacial score (nSPS) is 12.3. The molecule has 0 bridgehead atoms. The van der Waals surface area contributed by atoms with Gasteiger partial charge in [0.25, 0.3) is 0 Å². The summed E-state index contributed by atoms with van der Waals surface area (Å²) in [7, 11) is 1.64. The van der Waals surface area contributed by atoms with Gasteiger partial charge in [-0.15, -0.1) is 0 Å². The number of nitrogens with two attached hydrogens (primary N) is 1. The third kappa shape index (κ3) is 3.37. The number of carbonyl (C=O) groups is 1. The Bertz CT molecular complexity index is 471. The van der Waals surface area contributed by atoms with Gasteiger partial charge in [-0.05, 0) is 20.8 Å². The molecular weight excluding hydrogens is 236 g/mol. The number of aromatic nitrogens is 2. The molecule has 1 rings (SSSR count). The Morgan fingerprint density at radius 1 is 1.56 bits per heavy atom. The molecule has 5 N–H and O–H groups in total. The minimum atomic E-state index is -0.391. The van der Waals surface area contributed by atoms with Gasteiger partial charge in [-0.1, -0.05) is 5.16 Å². The molecule has 8 heteroatoms. The highest BCUT2D eigenvalue weighted by atomic mass is 16.4. The van der Waals surface area contributed by atoms with E-state index in [9.17, 15) is 4.79 Å². The molecule has 0 saturated carbocycles. The summed E-state index contributed by atoms with van der Waals surface area (Å²) < 4.78 is 1.43. The van der Waals surface area contributed by atoms with Crippen LogP contribution in [-0.4, -0.2) is 32.4 Å². The van der Waals surface area contributed by atoms with Crippen molar-refractivity contribution in [1.82, 2.24) is 15.1 Å². The average molecular weight is 254 g/mol. The zero-order chi connectivity index (χ0) is 13.9. The number of oxime groups is 1. The van der Waals surface area contributed by atoms with Crippen LogP contribution in [0.4, 0.5) is 10.6 Å². The summed E-state index contributed by atoms with van der Waals surface area (Å²) in [5.74, 6) is 0.237. The molecule has 0 aliphatic rings. The summed E-state index contributed by atoms with van der Waals surface area (Å²) in [5.41, 5.74) is 5.48. The van der Waals surface area contributed by atoms with E-state index >= 15 is 0 Å². The SMILES string of the molecule is Cn1ncc(C(N)=NO)c1NC(=O)NC(C)(C)C. The predicted octanol–water partition coefficient (Wildman–Crippen LogP) is 0.435. The van der Waals surface area contributed by atoms with Gasteiger partial charge in [-0.25, -0.2) is 4.79 Å². The number of amides is 2. The first-order chi connectivity index (χ1) is 8.24. The number of urea groups is 1. The maximum atomic E-state index is 11.7. The van der Waals surface area contributed by atoms with Crippen molar-refractivity contribution >= 4 is 17.7 Å². The molecule has 0 saturated heterocycles. The van der Waals surface area contributed by atoms with Gasteiger partial charge in [0.1, 0.15) is 5.82 Å². The van der Waals surface area contributed by atoms with Crippen LogP contribution >= 0.6 is 0 Å². The van der Waals surface area contributed by atoms with Gasteiger partial charge in [0, 0.05) is 12.6 Å². The Morgan fingerprint density at radius 2 is 2.17 bits per heavy atom. The molecule has 100 valence electrons. The van der Waals surface area contributed by atoms with Gasteiger partial charge in [0.15, 0.2) is 5.84 Å². The Kier molecular flexibility index (Phi) is 3.79. The van der Waals surface area contributed by atoms with E-state index in [0.29, 0.717) is 11.4 Å². The molecule has 0 aliphatic heterocycles. The Morgan fingerprint density at radius 3 is 2.67 bits per heavy atom. The van der Waals surface area contributed by atoms with Gasteiger partial charge in [-0.2, -0.15) is 5.10 Å². The van der Waals surface area contributed by atoms with Crippen LogP contribution in [0.15, 0.2) is 11.4 Å². The smallest absolute Gasteiger partial charge is 0.320 e. The zero-order valence-corrected chi connectivity index (χ0v) is 10.9. The molecule has 1 aromatic rings. The van der Waals surface area contributed by atoms with Crippen LogP contribution in [0.25, 0.3) is 0 Å². The molecule has 1 aromatic heterocycles. The monoisotopic (exact) mass is 254 g/mol. The Labute approximate surface area is 105 Å². The largest absolute Gasteiger partial charge is 0.409 e. The highest BCUT2D eigenvalue weighted by molar-refractivity contribution is 6.04. The van der Waals surface area contributed by atoms with Crippen molar-refractivity contribution in [2.45, 2.75) is 26.3 Å². The van der Waals surface area contributed by atoms with Crippen LogP contribution in [0.5, 0.6) is 0 Å². The number of hydrogen-bond donors (Lipinski definition) is 4. The van der Waals surface area contributed by atoms with Crippen molar-refractivity contribution in [3.8, 4) is 0 Å². The van der Waals surface area contributed by atoms with Crippen LogP contribution in [-0.2, 0) is 7.05 Å². The number of amidine groups is 1. The summed E-state index contributed by atoms with van der Waals surface area (Å²) in [6.07, 6.45) is 1.40. The third-order valence-electron chi connectivity index (χ3n) is 2.04. The predicted molar refractivity (Wildman–Crippen MR) is 67.6 cm³/mol. The van der Waals surface area contributed by atoms with Gasteiger partial charge >= 0.3 is 6.03 Å². The van der Waals surface area contributed by atoms with E-state index < -0.39 is 6.03 Å². The molecule has 0 unspecified atom stereocenters. The molecule has 0 aromatic carbocycles. The highest BCUT2D eigenvalue weighted by Crippen LogP contribution is 2.13. The Balaban J connectivity index is 2.91. The molecule has 1 heterocycles. The van der Waals surface area contributed by atoms with Gasteiger partial charge in [0.2, 0.25) is 0 Å². The summed E-state index contributed by atoms with van der Waals surface area (Å²) in [5, 5.41) is 20.8. The quantitative estimate of drug-likeness (QED) is 0.265. The lowest BCUT2D eigenvalue weighted by molar-refractivity contribution is 0.243. The van der Waals surface area contributed by atoms with Crippen LogP contribution in [0, 0.1) is 0 Å². The van der Waals surface area contributed by atoms with Crippen molar-refractivity contribution in [3.05, 3.63) is 11.8 Å². The second kappa shape index (κ2) is 4.94. The van der Waals surface area contributed by atoms with E-state index in [1.54, 1.807) is 7.05 Å². The fourth-order valence-electron chi connectivity index (χ4n) is 1.31. The number of aryl methyl sites for hydroxylation is 1. The molecular formula is C10H18N6O2. The summed E-state index contributed by atoms with van der Waals surface area (Å²) in [6.45, 7) is 5.58. The van der Waals surface area contributed by atoms with E-state index in [1.807, 2.05) is 20.8 Å². The van der Waals surface area contributed by atoms with Gasteiger partial charge < -0.3 is 16.3 Å². The summed E-state index contributed by atoms with van der Waals surface area (Å²) >= 11 is 0. The van der Waals surface area contributed by atoms with Crippen LogP contribution < -0.4 is 16.4 Å². The lowest BCUT2D eigenvalue weighted by atomic mass is 10.1. The first-order valence-electron chi connectivity index (χ1n) is 5.33. The standard InChI is InChI=1S/C10H18N6O2/c1-10(2,3)14-9(17)13-8-6(7(11)15-18)5-12-16(8)4/h5,18H,1-4H3,(H2,11,15)(H2,13,14,17). The average Bonchev–Trinajstić information content (AvgIpc) is 2.57. The van der Waals surface area contributed by atoms with Crippen molar-refractivity contribution in [2.24, 2.45) is 17.9 Å². The van der Waals surface area contributed by atoms with E-state index in [4.69, 9.17) is 10.9 Å². The molecule has 0 spiro atoms. The number of carbonyl (C=O) groups excluding carboxylic acids is 1. The molecule has 0 radical (unpaired) electrons. The van der Waals surface area contributed by atoms with Crippen LogP contribution in [0.2, 0.25) is 0 Å². The lowest BCUT2D eigenvalue weighted by Crippen LogP contribution is -2.43. The fraction of sp³-hybridized carbons (Fsp3) is 0.500. The summed E-state index contributed by atoms with van der Waals surface area (Å²) in [6, 6.07) is -0.391. The van der Waals surface area contributed by atoms with E-state index in [-0.39, 0.29) is 11.4 Å². The Hall–Kier alpha value is -2.25. The van der Waals surface area contributed by atoms with Crippen LogP contribution in [0.3, 0.4) is 0 Å². The van der Waals surface area contributed by atoms with Crippen molar-refractivity contribution in [3.63, 3.8) is 0 Å². The van der Waals surface area contributed by atoms with Crippen molar-refractivity contribution in [1.29, 1.82) is 0 Å². The lowest BCUT2D eigenvalue weighted by Gasteiger charge is -2.21. The topological polar surface area (TPSA) is 118 Å². The second-order valence-electron chi connectivity index (χ2n) is 4.84. The number of nitrogens with one attached hydrogen (secondary N) is 2. The first kappa shape index (κ1) is 13.8. The maximum Gasteiger partial charge on any atom is 0.320 e. The second-order valence-corrected chi connectivity index (χ2v) is 4.84. The van der Waals surface area contributed by atoms with E-state index in [0.717, 1.165) is 0 Å². The molecule has 8 nitrogen and oxygen atoms in total. The van der Waals surface area contributed by atoms with Crippen LogP contribution in [0.1, 0.15) is 26.3 Å². The first-order valence-corrected chi connectivity index (χ1v) is 5.33. The minimum Gasteiger partial charge on any atom is -0.409 e. The molecule has 0 fully saturated rings. The number of rotatable bonds is 2. The molecule has 18 heavy (non-hydrogen) atoms. The fourth-order valence-corrected chi connectivity index (χ4v) is 1.31. The maximum absolute atomic E-state index is 11.7. The molecule has 0 aliphatic carbocycles. The van der Waals surface area contributed by atoms with E-state index in [1.165, 1.54) is 10.9 Å². The zero-order valence-electron chi connectivity index (χ0n) is 10.9. The molecule has 0 atom stereocenters. The summed E-state index contributed by atoms with van der Waals surface area (Å²) in [4.78, 5) is 11.7. The van der Waals surface area contributed by atoms with E-state index in [2.05, 4.69) is 20.9 Å². The van der Waals surface area contributed by atoms with Crippen molar-refractivity contribution in [2.75, 3.05) is 5.32 Å². The van der Waals surface area contributed by atoms with Crippen molar-refractivity contribution < 1.29 is 10.0 Å². The van der Waals surface area contributed by atoms with Gasteiger partial charge in [-0.3, -0.25) is 10.00 Å². The molecule has 2 amide bonds. The number of hydrogen-bond acceptors (Lipinski definition) is 4. The minimum absolute atomic E-state index is 0.117.